The average Bonchev–Trinajstić information content (AvgIpc) is 3.57. The van der Waals surface area contributed by atoms with E-state index in [1.807, 2.05) is 6.07 Å². The van der Waals surface area contributed by atoms with Crippen molar-refractivity contribution < 1.29 is 23.1 Å². The molecule has 2 aliphatic rings. The van der Waals surface area contributed by atoms with E-state index in [9.17, 15) is 14.0 Å². The summed E-state index contributed by atoms with van der Waals surface area (Å²) in [6, 6.07) is 6.35. The number of aliphatic imine (C=N–C) groups is 1. The molecule has 2 atom stereocenters. The first-order valence-corrected chi connectivity index (χ1v) is 12.4. The quantitative estimate of drug-likeness (QED) is 0.323. The van der Waals surface area contributed by atoms with E-state index in [4.69, 9.17) is 20.8 Å². The molecule has 5 heterocycles. The number of halogens is 2. The lowest BCUT2D eigenvalue weighted by Crippen LogP contribution is -2.48. The van der Waals surface area contributed by atoms with E-state index < -0.39 is 23.6 Å². The number of nitrogens with zero attached hydrogens (tertiary/aromatic N) is 2. The minimum absolute atomic E-state index is 0.00302. The number of aromatic nitrogens is 3. The predicted octanol–water partition coefficient (Wildman–Crippen LogP) is 4.61. The number of aromatic amines is 2. The monoisotopic (exact) mass is 527 g/mol. The maximum absolute atomic E-state index is 13.8. The zero-order chi connectivity index (χ0) is 25.0. The van der Waals surface area contributed by atoms with Crippen LogP contribution in [-0.4, -0.2) is 52.1 Å². The van der Waals surface area contributed by atoms with Gasteiger partial charge in [0.05, 0.1) is 46.7 Å². The number of furan rings is 1. The lowest BCUT2D eigenvalue weighted by molar-refractivity contribution is -0.121. The summed E-state index contributed by atoms with van der Waals surface area (Å²) in [5, 5.41) is 4.10. The van der Waals surface area contributed by atoms with Gasteiger partial charge in [-0.3, -0.25) is 9.79 Å². The van der Waals surface area contributed by atoms with Gasteiger partial charge in [-0.2, -0.15) is 0 Å². The van der Waals surface area contributed by atoms with E-state index in [-0.39, 0.29) is 29.7 Å². The maximum atomic E-state index is 13.8. The normalized spacial score (nSPS) is 19.2. The summed E-state index contributed by atoms with van der Waals surface area (Å²) in [7, 11) is 0. The van der Waals surface area contributed by atoms with Gasteiger partial charge in [0.1, 0.15) is 11.6 Å². The van der Waals surface area contributed by atoms with Crippen molar-refractivity contribution in [2.45, 2.75) is 23.1 Å². The van der Waals surface area contributed by atoms with Crippen LogP contribution in [0.4, 0.5) is 10.1 Å². The Morgan fingerprint density at radius 3 is 3.00 bits per heavy atom. The molecule has 0 aliphatic carbocycles. The summed E-state index contributed by atoms with van der Waals surface area (Å²) >= 11 is 7.10. The second kappa shape index (κ2) is 8.91. The minimum Gasteiger partial charge on any atom is -0.461 e. The van der Waals surface area contributed by atoms with Gasteiger partial charge in [0.25, 0.3) is 0 Å². The molecule has 6 rings (SSSR count). The first-order chi connectivity index (χ1) is 17.4. The third-order valence-corrected chi connectivity index (χ3v) is 7.30. The van der Waals surface area contributed by atoms with E-state index in [1.54, 1.807) is 19.2 Å². The Morgan fingerprint density at radius 1 is 1.31 bits per heavy atom. The zero-order valence-electron chi connectivity index (χ0n) is 18.9. The van der Waals surface area contributed by atoms with E-state index in [0.717, 1.165) is 0 Å². The molecule has 4 aromatic rings. The number of rotatable bonds is 5. The Morgan fingerprint density at radius 2 is 2.17 bits per heavy atom. The van der Waals surface area contributed by atoms with Crippen LogP contribution in [0.3, 0.4) is 0 Å². The Kier molecular flexibility index (Phi) is 5.70. The molecule has 1 aromatic carbocycles. The number of ether oxygens (including phenoxy) is 1. The Balaban J connectivity index is 1.36. The van der Waals surface area contributed by atoms with Gasteiger partial charge in [-0.15, -0.1) is 0 Å². The number of nitrogens with one attached hydrogen (secondary N) is 3. The van der Waals surface area contributed by atoms with Crippen LogP contribution in [0.1, 0.15) is 34.7 Å². The van der Waals surface area contributed by atoms with Gasteiger partial charge in [0, 0.05) is 30.1 Å². The fourth-order valence-electron chi connectivity index (χ4n) is 4.68. The van der Waals surface area contributed by atoms with E-state index in [0.29, 0.717) is 50.5 Å². The van der Waals surface area contributed by atoms with Crippen LogP contribution >= 0.6 is 23.4 Å². The van der Waals surface area contributed by atoms with Gasteiger partial charge in [0.15, 0.2) is 21.7 Å². The summed E-state index contributed by atoms with van der Waals surface area (Å²) in [5.41, 5.74) is 3.10. The second-order valence-electron chi connectivity index (χ2n) is 8.40. The molecule has 1 fully saturated rings. The topological polar surface area (TPSA) is 125 Å². The van der Waals surface area contributed by atoms with Crippen LogP contribution in [0.5, 0.6) is 0 Å². The lowest BCUT2D eigenvalue weighted by Gasteiger charge is -2.33. The molecule has 0 spiro atoms. The maximum Gasteiger partial charge on any atom is 0.357 e. The molecular formula is C24H19ClFN5O4S. The molecule has 36 heavy (non-hydrogen) atoms. The zero-order valence-corrected chi connectivity index (χ0v) is 20.4. The third-order valence-electron chi connectivity index (χ3n) is 6.20. The Bertz CT molecular complexity index is 1520. The van der Waals surface area contributed by atoms with Crippen molar-refractivity contribution in [3.8, 4) is 0 Å². The number of H-pyrrole nitrogens is 2. The number of hydrogen-bond acceptors (Lipinski definition) is 8. The summed E-state index contributed by atoms with van der Waals surface area (Å²) in [6.07, 6.45) is 1.69. The minimum atomic E-state index is -0.532. The van der Waals surface area contributed by atoms with Crippen molar-refractivity contribution in [3.63, 3.8) is 0 Å². The molecule has 0 saturated carbocycles. The number of piperidine rings is 1. The van der Waals surface area contributed by atoms with E-state index in [2.05, 4.69) is 25.3 Å². The van der Waals surface area contributed by atoms with Crippen LogP contribution < -0.4 is 5.32 Å². The highest BCUT2D eigenvalue weighted by atomic mass is 35.5. The summed E-state index contributed by atoms with van der Waals surface area (Å²) in [4.78, 5) is 40.6. The molecule has 2 aliphatic heterocycles. The number of imidazole rings is 1. The molecule has 2 unspecified atom stereocenters. The highest BCUT2D eigenvalue weighted by Gasteiger charge is 2.44. The Hall–Kier alpha value is -3.41. The van der Waals surface area contributed by atoms with Crippen molar-refractivity contribution in [3.05, 3.63) is 58.3 Å². The molecule has 0 bridgehead atoms. The summed E-state index contributed by atoms with van der Waals surface area (Å²) in [5.74, 6) is -1.45. The standard InChI is InChI=1S/C24H19ClFN5O4S/c1-2-34-23(33)22-21-10(7-28-22)19(20-15(29-21)8-27-9-16(20)32)17-3-4-18(35-17)36-24-30-13-5-11(25)12(26)6-14(13)31-24/h3-7,19-20,27-28H,2,8-9H2,1H3,(H,30,31). The fraction of sp³-hybridized carbons (Fsp3) is 0.250. The van der Waals surface area contributed by atoms with Gasteiger partial charge in [0.2, 0.25) is 0 Å². The van der Waals surface area contributed by atoms with Crippen molar-refractivity contribution in [1.29, 1.82) is 0 Å². The molecular weight excluding hydrogens is 509 g/mol. The van der Waals surface area contributed by atoms with Crippen LogP contribution in [0.15, 0.2) is 50.1 Å². The highest BCUT2D eigenvalue weighted by Crippen LogP contribution is 2.46. The van der Waals surface area contributed by atoms with Gasteiger partial charge in [-0.25, -0.2) is 14.2 Å². The van der Waals surface area contributed by atoms with E-state index >= 15 is 0 Å². The number of hydrogen-bond donors (Lipinski definition) is 3. The van der Waals surface area contributed by atoms with Crippen molar-refractivity contribution in [1.82, 2.24) is 20.3 Å². The number of ketones is 1. The predicted molar refractivity (Wildman–Crippen MR) is 131 cm³/mol. The van der Waals surface area contributed by atoms with Gasteiger partial charge in [-0.05, 0) is 36.9 Å². The number of carbonyl (C=O) groups excluding carboxylic acids is 2. The molecule has 3 aromatic heterocycles. The molecule has 0 amide bonds. The number of fused-ring (bicyclic) bond motifs is 3. The Labute approximate surface area is 212 Å². The summed E-state index contributed by atoms with van der Waals surface area (Å²) in [6.45, 7) is 2.62. The van der Waals surface area contributed by atoms with Crippen LogP contribution in [0.25, 0.3) is 11.0 Å². The number of Topliss-reactive ketones (excluding diaryl/α,β-unsaturated/α-hetero) is 1. The lowest BCUT2D eigenvalue weighted by atomic mass is 9.75. The molecule has 184 valence electrons. The smallest absolute Gasteiger partial charge is 0.357 e. The number of esters is 1. The molecule has 3 N–H and O–H groups in total. The first-order valence-electron chi connectivity index (χ1n) is 11.2. The fourth-order valence-corrected chi connectivity index (χ4v) is 5.60. The summed E-state index contributed by atoms with van der Waals surface area (Å²) < 4.78 is 25.2. The van der Waals surface area contributed by atoms with Crippen molar-refractivity contribution >= 4 is 57.5 Å². The largest absolute Gasteiger partial charge is 0.461 e. The molecule has 9 nitrogen and oxygen atoms in total. The van der Waals surface area contributed by atoms with Crippen LogP contribution in [0.2, 0.25) is 5.02 Å². The SMILES string of the molecule is CCOC(=O)c1[nH]cc2c1N=C1CNCC(=O)C1C2c1ccc(Sc2nc3cc(Cl)c(F)cc3[nH]2)o1. The van der Waals surface area contributed by atoms with Gasteiger partial charge >= 0.3 is 5.97 Å². The molecule has 1 saturated heterocycles. The average molecular weight is 528 g/mol. The number of carbonyl (C=O) groups is 2. The third kappa shape index (κ3) is 3.83. The van der Waals surface area contributed by atoms with E-state index in [1.165, 1.54) is 23.9 Å². The van der Waals surface area contributed by atoms with Crippen molar-refractivity contribution in [2.75, 3.05) is 19.7 Å². The highest BCUT2D eigenvalue weighted by molar-refractivity contribution is 7.99. The van der Waals surface area contributed by atoms with Gasteiger partial charge in [-0.1, -0.05) is 11.6 Å². The van der Waals surface area contributed by atoms with Gasteiger partial charge < -0.3 is 24.4 Å². The van der Waals surface area contributed by atoms with Crippen molar-refractivity contribution in [2.24, 2.45) is 10.9 Å². The number of benzene rings is 1. The van der Waals surface area contributed by atoms with Crippen LogP contribution in [0, 0.1) is 11.7 Å². The molecule has 0 radical (unpaired) electrons. The first kappa shape index (κ1) is 23.0. The van der Waals surface area contributed by atoms with Crippen LogP contribution in [-0.2, 0) is 9.53 Å². The second-order valence-corrected chi connectivity index (χ2v) is 9.80. The molecule has 12 heteroatoms.